The van der Waals surface area contributed by atoms with Crippen molar-refractivity contribution in [3.8, 4) is 11.5 Å². The maximum Gasteiger partial charge on any atom is 0.126 e. The summed E-state index contributed by atoms with van der Waals surface area (Å²) < 4.78 is 10.5. The summed E-state index contributed by atoms with van der Waals surface area (Å²) >= 11 is 0. The van der Waals surface area contributed by atoms with Crippen LogP contribution in [0.4, 0.5) is 0 Å². The molecule has 4 heteroatoms. The van der Waals surface area contributed by atoms with E-state index in [1.54, 1.807) is 14.2 Å². The summed E-state index contributed by atoms with van der Waals surface area (Å²) in [6.07, 6.45) is 0.919. The Labute approximate surface area is 101 Å². The Balaban J connectivity index is 2.28. The number of aliphatic hydroxyl groups excluding tert-OH is 1. The van der Waals surface area contributed by atoms with Crippen molar-refractivity contribution < 1.29 is 14.6 Å². The van der Waals surface area contributed by atoms with Crippen molar-refractivity contribution in [2.75, 3.05) is 27.4 Å². The van der Waals surface area contributed by atoms with Gasteiger partial charge in [0.1, 0.15) is 11.5 Å². The first kappa shape index (κ1) is 12.2. The van der Waals surface area contributed by atoms with E-state index >= 15 is 0 Å². The fourth-order valence-electron chi connectivity index (χ4n) is 2.36. The Morgan fingerprint density at radius 3 is 2.65 bits per heavy atom. The first-order valence-electron chi connectivity index (χ1n) is 5.73. The molecule has 2 atom stereocenters. The predicted octanol–water partition coefficient (Wildman–Crippen LogP) is 1.13. The highest BCUT2D eigenvalue weighted by molar-refractivity contribution is 5.46. The summed E-state index contributed by atoms with van der Waals surface area (Å²) in [6, 6.07) is 5.77. The number of hydrogen-bond donors (Lipinski definition) is 2. The number of aliphatic hydroxyl groups is 1. The van der Waals surface area contributed by atoms with E-state index in [0.717, 1.165) is 23.5 Å². The first-order chi connectivity index (χ1) is 8.20. The average Bonchev–Trinajstić information content (AvgIpc) is 3.13. The topological polar surface area (TPSA) is 64.7 Å². The van der Waals surface area contributed by atoms with Crippen molar-refractivity contribution >= 4 is 0 Å². The van der Waals surface area contributed by atoms with Crippen molar-refractivity contribution in [3.05, 3.63) is 23.8 Å². The van der Waals surface area contributed by atoms with Crippen molar-refractivity contribution in [1.29, 1.82) is 0 Å². The van der Waals surface area contributed by atoms with Crippen LogP contribution < -0.4 is 15.2 Å². The van der Waals surface area contributed by atoms with E-state index in [0.29, 0.717) is 12.5 Å². The van der Waals surface area contributed by atoms with E-state index in [1.165, 1.54) is 0 Å². The molecule has 3 N–H and O–H groups in total. The molecule has 0 heterocycles. The molecule has 0 radical (unpaired) electrons. The van der Waals surface area contributed by atoms with Gasteiger partial charge in [-0.05, 0) is 24.0 Å². The summed E-state index contributed by atoms with van der Waals surface area (Å²) in [5, 5.41) is 9.41. The molecule has 0 aliphatic heterocycles. The van der Waals surface area contributed by atoms with Gasteiger partial charge in [0.05, 0.1) is 20.8 Å². The van der Waals surface area contributed by atoms with Crippen LogP contribution in [-0.2, 0) is 0 Å². The van der Waals surface area contributed by atoms with Gasteiger partial charge in [-0.2, -0.15) is 0 Å². The van der Waals surface area contributed by atoms with Crippen LogP contribution in [0.3, 0.4) is 0 Å². The maximum atomic E-state index is 9.41. The molecule has 1 aliphatic rings. The zero-order valence-corrected chi connectivity index (χ0v) is 10.3. The summed E-state index contributed by atoms with van der Waals surface area (Å²) in [6.45, 7) is 0.632. The van der Waals surface area contributed by atoms with Crippen molar-refractivity contribution in [1.82, 2.24) is 0 Å². The van der Waals surface area contributed by atoms with Gasteiger partial charge < -0.3 is 20.3 Å². The lowest BCUT2D eigenvalue weighted by molar-refractivity contribution is 0.211. The lowest BCUT2D eigenvalue weighted by Crippen LogP contribution is -2.21. The zero-order valence-electron chi connectivity index (χ0n) is 10.3. The van der Waals surface area contributed by atoms with E-state index in [9.17, 15) is 5.11 Å². The highest BCUT2D eigenvalue weighted by Crippen LogP contribution is 2.60. The average molecular weight is 237 g/mol. The highest BCUT2D eigenvalue weighted by Gasteiger charge is 2.54. The fraction of sp³-hybridized carbons (Fsp3) is 0.538. The Hall–Kier alpha value is -1.26. The number of hydrogen-bond acceptors (Lipinski definition) is 4. The van der Waals surface area contributed by atoms with Crippen LogP contribution in [0.5, 0.6) is 11.5 Å². The molecule has 0 aromatic heterocycles. The van der Waals surface area contributed by atoms with Crippen LogP contribution >= 0.6 is 0 Å². The number of nitrogens with two attached hydrogens (primary N) is 1. The van der Waals surface area contributed by atoms with Gasteiger partial charge in [-0.15, -0.1) is 0 Å². The van der Waals surface area contributed by atoms with Gasteiger partial charge in [0.2, 0.25) is 0 Å². The fourth-order valence-corrected chi connectivity index (χ4v) is 2.36. The second-order valence-electron chi connectivity index (χ2n) is 4.59. The molecule has 94 valence electrons. The molecule has 1 aliphatic carbocycles. The molecule has 0 spiro atoms. The third-order valence-electron chi connectivity index (χ3n) is 3.73. The Kier molecular flexibility index (Phi) is 3.26. The molecule has 0 saturated heterocycles. The monoisotopic (exact) mass is 237 g/mol. The largest absolute Gasteiger partial charge is 0.497 e. The van der Waals surface area contributed by atoms with E-state index in [4.69, 9.17) is 15.2 Å². The lowest BCUT2D eigenvalue weighted by Gasteiger charge is -2.14. The van der Waals surface area contributed by atoms with Crippen LogP contribution in [0.15, 0.2) is 18.2 Å². The number of benzene rings is 1. The van der Waals surface area contributed by atoms with Crippen LogP contribution in [-0.4, -0.2) is 32.5 Å². The third kappa shape index (κ3) is 1.98. The molecule has 1 fully saturated rings. The standard InChI is InChI=1S/C13H19NO3/c1-16-9-3-4-10(12(5-9)17-2)11-6-13(11,7-14)8-15/h3-5,11,15H,6-8,14H2,1-2H3. The third-order valence-corrected chi connectivity index (χ3v) is 3.73. The lowest BCUT2D eigenvalue weighted by atomic mass is 9.99. The zero-order chi connectivity index (χ0) is 12.5. The van der Waals surface area contributed by atoms with E-state index in [-0.39, 0.29) is 12.0 Å². The predicted molar refractivity (Wildman–Crippen MR) is 65.5 cm³/mol. The van der Waals surface area contributed by atoms with Crippen LogP contribution in [0.2, 0.25) is 0 Å². The molecule has 0 bridgehead atoms. The van der Waals surface area contributed by atoms with Crippen molar-refractivity contribution in [3.63, 3.8) is 0 Å². The first-order valence-corrected chi connectivity index (χ1v) is 5.73. The Morgan fingerprint density at radius 2 is 2.18 bits per heavy atom. The minimum absolute atomic E-state index is 0.128. The summed E-state index contributed by atoms with van der Waals surface area (Å²) in [5.41, 5.74) is 6.68. The van der Waals surface area contributed by atoms with Crippen molar-refractivity contribution in [2.24, 2.45) is 11.1 Å². The van der Waals surface area contributed by atoms with Gasteiger partial charge in [0.15, 0.2) is 0 Å². The normalized spacial score (nSPS) is 26.7. The minimum atomic E-state index is -0.151. The molecular weight excluding hydrogens is 218 g/mol. The van der Waals surface area contributed by atoms with Crippen LogP contribution in [0, 0.1) is 5.41 Å². The van der Waals surface area contributed by atoms with E-state index < -0.39 is 0 Å². The number of methoxy groups -OCH3 is 2. The van der Waals surface area contributed by atoms with Gasteiger partial charge in [0.25, 0.3) is 0 Å². The molecule has 1 aromatic rings. The second-order valence-corrected chi connectivity index (χ2v) is 4.59. The van der Waals surface area contributed by atoms with Gasteiger partial charge in [0, 0.05) is 18.0 Å². The molecular formula is C13H19NO3. The molecule has 4 nitrogen and oxygen atoms in total. The van der Waals surface area contributed by atoms with Gasteiger partial charge in [-0.3, -0.25) is 0 Å². The Bertz CT molecular complexity index is 402. The van der Waals surface area contributed by atoms with Gasteiger partial charge in [-0.1, -0.05) is 6.07 Å². The second kappa shape index (κ2) is 4.55. The van der Waals surface area contributed by atoms with Gasteiger partial charge in [-0.25, -0.2) is 0 Å². The molecule has 17 heavy (non-hydrogen) atoms. The smallest absolute Gasteiger partial charge is 0.126 e. The SMILES string of the molecule is COc1ccc(C2CC2(CN)CO)c(OC)c1. The molecule has 1 aromatic carbocycles. The number of ether oxygens (including phenoxy) is 2. The Morgan fingerprint density at radius 1 is 1.41 bits per heavy atom. The highest BCUT2D eigenvalue weighted by atomic mass is 16.5. The number of rotatable bonds is 5. The molecule has 0 amide bonds. The summed E-state index contributed by atoms with van der Waals surface area (Å²) in [7, 11) is 3.27. The van der Waals surface area contributed by atoms with E-state index in [2.05, 4.69) is 0 Å². The minimum Gasteiger partial charge on any atom is -0.497 e. The maximum absolute atomic E-state index is 9.41. The van der Waals surface area contributed by atoms with E-state index in [1.807, 2.05) is 18.2 Å². The van der Waals surface area contributed by atoms with Crippen LogP contribution in [0.25, 0.3) is 0 Å². The quantitative estimate of drug-likeness (QED) is 0.805. The molecule has 2 unspecified atom stereocenters. The molecule has 2 rings (SSSR count). The molecule has 1 saturated carbocycles. The van der Waals surface area contributed by atoms with Crippen molar-refractivity contribution in [2.45, 2.75) is 12.3 Å². The van der Waals surface area contributed by atoms with Crippen LogP contribution in [0.1, 0.15) is 17.9 Å². The summed E-state index contributed by atoms with van der Waals surface area (Å²) in [5.74, 6) is 1.87. The van der Waals surface area contributed by atoms with Gasteiger partial charge >= 0.3 is 0 Å². The summed E-state index contributed by atoms with van der Waals surface area (Å²) in [4.78, 5) is 0.